The summed E-state index contributed by atoms with van der Waals surface area (Å²) in [5.74, 6) is 1.77. The summed E-state index contributed by atoms with van der Waals surface area (Å²) in [6.07, 6.45) is 0.989. The van der Waals surface area contributed by atoms with Crippen molar-refractivity contribution >= 4 is 40.8 Å². The molecule has 0 amide bonds. The zero-order valence-corrected chi connectivity index (χ0v) is 15.9. The maximum absolute atomic E-state index is 6.04. The van der Waals surface area contributed by atoms with E-state index in [-0.39, 0.29) is 5.82 Å². The van der Waals surface area contributed by atoms with Crippen molar-refractivity contribution in [2.75, 3.05) is 38.2 Å². The number of nitrogens with zero attached hydrogens (tertiary/aromatic N) is 4. The Balaban J connectivity index is 2.06. The standard InChI is InChI=1S/C16H18Cl3N5O/c1-25-12-5-2-4-11(10-12)13-21-14(16(17,18)19)23-15(22-13)24-8-3-6-20-7-9-24/h2,4-5,10,20H,3,6-9H2,1H3. The zero-order chi connectivity index (χ0) is 17.9. The van der Waals surface area contributed by atoms with Gasteiger partial charge in [0.15, 0.2) is 11.6 Å². The highest BCUT2D eigenvalue weighted by Crippen LogP contribution is 2.37. The molecule has 0 atom stereocenters. The van der Waals surface area contributed by atoms with Crippen LogP contribution in [-0.2, 0) is 3.79 Å². The van der Waals surface area contributed by atoms with E-state index >= 15 is 0 Å². The summed E-state index contributed by atoms with van der Waals surface area (Å²) >= 11 is 18.1. The normalized spacial score (nSPS) is 15.8. The van der Waals surface area contributed by atoms with E-state index < -0.39 is 3.79 Å². The van der Waals surface area contributed by atoms with Crippen LogP contribution in [0.3, 0.4) is 0 Å². The summed E-state index contributed by atoms with van der Waals surface area (Å²) in [4.78, 5) is 15.4. The first-order valence-corrected chi connectivity index (χ1v) is 9.04. The van der Waals surface area contributed by atoms with Crippen LogP contribution >= 0.6 is 34.8 Å². The van der Waals surface area contributed by atoms with Crippen molar-refractivity contribution in [3.8, 4) is 17.1 Å². The first-order valence-electron chi connectivity index (χ1n) is 7.91. The molecule has 9 heteroatoms. The number of nitrogens with one attached hydrogen (secondary N) is 1. The molecule has 6 nitrogen and oxygen atoms in total. The number of halogens is 3. The highest BCUT2D eigenvalue weighted by molar-refractivity contribution is 6.66. The monoisotopic (exact) mass is 401 g/mol. The molecule has 25 heavy (non-hydrogen) atoms. The molecule has 3 rings (SSSR count). The van der Waals surface area contributed by atoms with Gasteiger partial charge in [-0.25, -0.2) is 4.98 Å². The predicted octanol–water partition coefficient (Wildman–Crippen LogP) is 3.17. The molecule has 1 fully saturated rings. The van der Waals surface area contributed by atoms with Crippen molar-refractivity contribution in [1.82, 2.24) is 20.3 Å². The molecule has 2 aromatic rings. The molecule has 0 spiro atoms. The Morgan fingerprint density at radius 2 is 1.96 bits per heavy atom. The van der Waals surface area contributed by atoms with Gasteiger partial charge in [0.2, 0.25) is 9.74 Å². The van der Waals surface area contributed by atoms with Crippen LogP contribution in [0.5, 0.6) is 5.75 Å². The van der Waals surface area contributed by atoms with Crippen LogP contribution in [0.2, 0.25) is 0 Å². The molecule has 1 aromatic heterocycles. The number of anilines is 1. The molecule has 1 aromatic carbocycles. The Morgan fingerprint density at radius 1 is 1.12 bits per heavy atom. The summed E-state index contributed by atoms with van der Waals surface area (Å²) in [5.41, 5.74) is 0.770. The Labute approximate surface area is 161 Å². The van der Waals surface area contributed by atoms with Gasteiger partial charge in [0.1, 0.15) is 5.75 Å². The Bertz CT molecular complexity index is 730. The lowest BCUT2D eigenvalue weighted by Gasteiger charge is -2.22. The van der Waals surface area contributed by atoms with Crippen molar-refractivity contribution in [2.45, 2.75) is 10.2 Å². The van der Waals surface area contributed by atoms with Crippen molar-refractivity contribution in [3.05, 3.63) is 30.1 Å². The summed E-state index contributed by atoms with van der Waals surface area (Å²) < 4.78 is 3.54. The van der Waals surface area contributed by atoms with E-state index in [2.05, 4.69) is 25.2 Å². The summed E-state index contributed by atoms with van der Waals surface area (Å²) in [7, 11) is 1.61. The third-order valence-electron chi connectivity index (χ3n) is 3.83. The second-order valence-electron chi connectivity index (χ2n) is 5.60. The molecule has 1 saturated heterocycles. The Hall–Kier alpha value is -1.34. The number of methoxy groups -OCH3 is 1. The van der Waals surface area contributed by atoms with E-state index in [4.69, 9.17) is 39.5 Å². The number of ether oxygens (including phenoxy) is 1. The third kappa shape index (κ3) is 4.64. The van der Waals surface area contributed by atoms with E-state index in [0.29, 0.717) is 17.5 Å². The highest BCUT2D eigenvalue weighted by Gasteiger charge is 2.29. The van der Waals surface area contributed by atoms with Gasteiger partial charge in [0, 0.05) is 25.2 Å². The van der Waals surface area contributed by atoms with E-state index in [9.17, 15) is 0 Å². The first-order chi connectivity index (χ1) is 12.0. The predicted molar refractivity (Wildman–Crippen MR) is 101 cm³/mol. The van der Waals surface area contributed by atoms with Crippen molar-refractivity contribution in [2.24, 2.45) is 0 Å². The average molecular weight is 403 g/mol. The summed E-state index contributed by atoms with van der Waals surface area (Å²) in [5, 5.41) is 3.35. The Kier molecular flexibility index (Phi) is 5.84. The fourth-order valence-corrected chi connectivity index (χ4v) is 2.82. The first kappa shape index (κ1) is 18.5. The van der Waals surface area contributed by atoms with Gasteiger partial charge in [-0.05, 0) is 25.1 Å². The van der Waals surface area contributed by atoms with Gasteiger partial charge >= 0.3 is 0 Å². The van der Waals surface area contributed by atoms with Gasteiger partial charge in [-0.3, -0.25) is 0 Å². The summed E-state index contributed by atoms with van der Waals surface area (Å²) in [6.45, 7) is 3.42. The molecule has 2 heterocycles. The minimum Gasteiger partial charge on any atom is -0.497 e. The molecule has 0 saturated carbocycles. The minimum atomic E-state index is -1.73. The highest BCUT2D eigenvalue weighted by atomic mass is 35.6. The topological polar surface area (TPSA) is 63.2 Å². The number of benzene rings is 1. The van der Waals surface area contributed by atoms with Crippen LogP contribution in [0.25, 0.3) is 11.4 Å². The minimum absolute atomic E-state index is 0.109. The van der Waals surface area contributed by atoms with Crippen LogP contribution < -0.4 is 15.0 Å². The van der Waals surface area contributed by atoms with Crippen LogP contribution in [0.1, 0.15) is 12.2 Å². The largest absolute Gasteiger partial charge is 0.497 e. The second-order valence-corrected chi connectivity index (χ2v) is 7.88. The van der Waals surface area contributed by atoms with Gasteiger partial charge in [0.05, 0.1) is 7.11 Å². The van der Waals surface area contributed by atoms with Gasteiger partial charge in [0.25, 0.3) is 0 Å². The van der Waals surface area contributed by atoms with Gasteiger partial charge in [-0.15, -0.1) is 0 Å². The molecule has 0 radical (unpaired) electrons. The average Bonchev–Trinajstić information content (AvgIpc) is 2.90. The van der Waals surface area contributed by atoms with E-state index in [0.717, 1.165) is 38.2 Å². The fraction of sp³-hybridized carbons (Fsp3) is 0.438. The number of hydrogen-bond acceptors (Lipinski definition) is 6. The van der Waals surface area contributed by atoms with Crippen molar-refractivity contribution in [1.29, 1.82) is 0 Å². The number of alkyl halides is 3. The lowest BCUT2D eigenvalue weighted by molar-refractivity contribution is 0.415. The third-order valence-corrected chi connectivity index (χ3v) is 4.34. The molecule has 134 valence electrons. The number of rotatable bonds is 3. The molecule has 0 bridgehead atoms. The van der Waals surface area contributed by atoms with E-state index in [1.165, 1.54) is 0 Å². The van der Waals surface area contributed by atoms with Gasteiger partial charge in [-0.2, -0.15) is 9.97 Å². The fourth-order valence-electron chi connectivity index (χ4n) is 2.57. The van der Waals surface area contributed by atoms with Crippen LogP contribution in [-0.4, -0.2) is 48.2 Å². The second kappa shape index (κ2) is 7.91. The molecule has 1 N–H and O–H groups in total. The van der Waals surface area contributed by atoms with Crippen molar-refractivity contribution < 1.29 is 4.74 Å². The van der Waals surface area contributed by atoms with Crippen LogP contribution in [0.4, 0.5) is 5.95 Å². The Morgan fingerprint density at radius 3 is 2.72 bits per heavy atom. The van der Waals surface area contributed by atoms with Gasteiger partial charge in [-0.1, -0.05) is 46.9 Å². The van der Waals surface area contributed by atoms with Crippen LogP contribution in [0, 0.1) is 0 Å². The number of aromatic nitrogens is 3. The molecule has 0 aliphatic carbocycles. The lowest BCUT2D eigenvalue weighted by atomic mass is 10.2. The molecular weight excluding hydrogens is 385 g/mol. The maximum atomic E-state index is 6.04. The molecule has 0 unspecified atom stereocenters. The molecule has 1 aliphatic heterocycles. The van der Waals surface area contributed by atoms with Crippen LogP contribution in [0.15, 0.2) is 24.3 Å². The SMILES string of the molecule is COc1cccc(-c2nc(N3CCCNCC3)nc(C(Cl)(Cl)Cl)n2)c1. The molecular formula is C16H18Cl3N5O. The maximum Gasteiger partial charge on any atom is 0.250 e. The van der Waals surface area contributed by atoms with Gasteiger partial charge < -0.3 is 15.0 Å². The van der Waals surface area contributed by atoms with E-state index in [1.54, 1.807) is 7.11 Å². The zero-order valence-electron chi connectivity index (χ0n) is 13.7. The van der Waals surface area contributed by atoms with Crippen molar-refractivity contribution in [3.63, 3.8) is 0 Å². The quantitative estimate of drug-likeness (QED) is 0.796. The molecule has 1 aliphatic rings. The lowest BCUT2D eigenvalue weighted by Crippen LogP contribution is -2.30. The smallest absolute Gasteiger partial charge is 0.250 e. The number of hydrogen-bond donors (Lipinski definition) is 1. The van der Waals surface area contributed by atoms with E-state index in [1.807, 2.05) is 24.3 Å². The summed E-state index contributed by atoms with van der Waals surface area (Å²) in [6, 6.07) is 7.43.